The van der Waals surface area contributed by atoms with Crippen molar-refractivity contribution in [3.63, 3.8) is 0 Å². The third-order valence-electron chi connectivity index (χ3n) is 7.31. The summed E-state index contributed by atoms with van der Waals surface area (Å²) < 4.78 is 53.9. The van der Waals surface area contributed by atoms with Gasteiger partial charge in [0.2, 0.25) is 5.91 Å². The number of aromatic nitrogens is 1. The molecule has 0 aliphatic carbocycles. The van der Waals surface area contributed by atoms with E-state index < -0.39 is 53.3 Å². The monoisotopic (exact) mass is 534 g/mol. The van der Waals surface area contributed by atoms with E-state index >= 15 is 0 Å². The summed E-state index contributed by atoms with van der Waals surface area (Å²) in [7, 11) is 0. The van der Waals surface area contributed by atoms with Gasteiger partial charge in [-0.25, -0.2) is 9.59 Å². The van der Waals surface area contributed by atoms with E-state index in [1.54, 1.807) is 11.8 Å². The Morgan fingerprint density at radius 1 is 1.08 bits per heavy atom. The van der Waals surface area contributed by atoms with E-state index in [2.05, 4.69) is 0 Å². The van der Waals surface area contributed by atoms with Crippen LogP contribution in [0.5, 0.6) is 0 Å². The molecule has 3 heterocycles. The van der Waals surface area contributed by atoms with Gasteiger partial charge in [-0.05, 0) is 44.2 Å². The van der Waals surface area contributed by atoms with Crippen LogP contribution in [0.25, 0.3) is 0 Å². The molecule has 7 nitrogen and oxygen atoms in total. The number of amides is 1. The van der Waals surface area contributed by atoms with Gasteiger partial charge in [0.05, 0.1) is 24.7 Å². The van der Waals surface area contributed by atoms with Gasteiger partial charge in [0.15, 0.2) is 0 Å². The minimum atomic E-state index is -4.86. The summed E-state index contributed by atoms with van der Waals surface area (Å²) in [5.74, 6) is -3.41. The summed E-state index contributed by atoms with van der Waals surface area (Å²) in [6, 6.07) is 8.58. The maximum Gasteiger partial charge on any atom is 0.418 e. The highest BCUT2D eigenvalue weighted by Gasteiger charge is 2.58. The second-order valence-corrected chi connectivity index (χ2v) is 10.2. The number of alkyl halides is 3. The average molecular weight is 535 g/mol. The molecule has 0 unspecified atom stereocenters. The molecule has 206 valence electrons. The lowest BCUT2D eigenvalue weighted by Gasteiger charge is -2.38. The predicted molar refractivity (Wildman–Crippen MR) is 132 cm³/mol. The summed E-state index contributed by atoms with van der Waals surface area (Å²) in [5, 5.41) is 0. The van der Waals surface area contributed by atoms with Crippen molar-refractivity contribution in [3.8, 4) is 0 Å². The molecule has 1 amide bonds. The van der Waals surface area contributed by atoms with Crippen molar-refractivity contribution in [1.29, 1.82) is 0 Å². The number of hydrogen-bond donors (Lipinski definition) is 0. The highest BCUT2D eigenvalue weighted by atomic mass is 19.4. The van der Waals surface area contributed by atoms with E-state index in [1.807, 2.05) is 44.2 Å². The van der Waals surface area contributed by atoms with Gasteiger partial charge in [0.1, 0.15) is 11.7 Å². The van der Waals surface area contributed by atoms with Gasteiger partial charge >= 0.3 is 18.1 Å². The van der Waals surface area contributed by atoms with Crippen LogP contribution in [0, 0.1) is 17.8 Å². The summed E-state index contributed by atoms with van der Waals surface area (Å²) in [5.41, 5.74) is -0.887. The zero-order valence-electron chi connectivity index (χ0n) is 22.0. The molecule has 1 saturated heterocycles. The van der Waals surface area contributed by atoms with Crippen molar-refractivity contribution >= 4 is 17.8 Å². The van der Waals surface area contributed by atoms with E-state index in [1.165, 1.54) is 6.92 Å². The third-order valence-corrected chi connectivity index (χ3v) is 7.31. The Morgan fingerprint density at radius 3 is 2.32 bits per heavy atom. The number of nitrogens with zero attached hydrogens (tertiary/aromatic N) is 2. The number of benzene rings is 1. The lowest BCUT2D eigenvalue weighted by atomic mass is 9.76. The van der Waals surface area contributed by atoms with Gasteiger partial charge in [-0.3, -0.25) is 4.79 Å². The lowest BCUT2D eigenvalue weighted by molar-refractivity contribution is -0.151. The second kappa shape index (κ2) is 10.8. The Morgan fingerprint density at radius 2 is 1.74 bits per heavy atom. The molecule has 2 aromatic rings. The highest BCUT2D eigenvalue weighted by molar-refractivity contribution is 5.92. The molecule has 1 aromatic heterocycles. The molecular weight excluding hydrogens is 501 g/mol. The van der Waals surface area contributed by atoms with Gasteiger partial charge in [-0.1, -0.05) is 44.2 Å². The molecule has 10 heteroatoms. The van der Waals surface area contributed by atoms with Crippen molar-refractivity contribution < 1.29 is 37.0 Å². The topological polar surface area (TPSA) is 77.8 Å². The lowest BCUT2D eigenvalue weighted by Crippen LogP contribution is -2.44. The Balaban J connectivity index is 1.90. The zero-order valence-corrected chi connectivity index (χ0v) is 22.0. The predicted octanol–water partition coefficient (Wildman–Crippen LogP) is 5.03. The molecule has 0 N–H and O–H groups in total. The van der Waals surface area contributed by atoms with Gasteiger partial charge in [-0.2, -0.15) is 13.2 Å². The van der Waals surface area contributed by atoms with Crippen LogP contribution < -0.4 is 0 Å². The van der Waals surface area contributed by atoms with Crippen LogP contribution in [0.3, 0.4) is 0 Å². The number of hydrogen-bond acceptors (Lipinski definition) is 5. The quantitative estimate of drug-likeness (QED) is 0.444. The molecule has 0 spiro atoms. The second-order valence-electron chi connectivity index (χ2n) is 10.2. The van der Waals surface area contributed by atoms with E-state index in [-0.39, 0.29) is 37.2 Å². The van der Waals surface area contributed by atoms with Crippen LogP contribution in [0.2, 0.25) is 0 Å². The summed E-state index contributed by atoms with van der Waals surface area (Å²) in [6.07, 6.45) is -4.35. The molecule has 1 aromatic carbocycles. The average Bonchev–Trinajstić information content (AvgIpc) is 3.35. The number of rotatable bonds is 8. The van der Waals surface area contributed by atoms with Crippen LogP contribution >= 0.6 is 0 Å². The Labute approximate surface area is 219 Å². The molecule has 4 rings (SSSR count). The van der Waals surface area contributed by atoms with E-state index in [4.69, 9.17) is 9.47 Å². The maximum absolute atomic E-state index is 14.1. The van der Waals surface area contributed by atoms with Crippen LogP contribution in [-0.2, 0) is 38.2 Å². The molecule has 38 heavy (non-hydrogen) atoms. The van der Waals surface area contributed by atoms with Crippen molar-refractivity contribution in [2.45, 2.75) is 65.3 Å². The maximum atomic E-state index is 14.1. The highest BCUT2D eigenvalue weighted by Crippen LogP contribution is 2.50. The SMILES string of the molecule is CCOC(=O)c1c(C(F)(F)F)cc2n1[C@@H](C(=O)OCC)[C@@H]1[C@@H](C2)C(=O)N(Cc2ccccc2)[C@H]1CC(C)C. The molecule has 0 radical (unpaired) electrons. The van der Waals surface area contributed by atoms with Gasteiger partial charge in [-0.15, -0.1) is 0 Å². The minimum Gasteiger partial charge on any atom is -0.464 e. The van der Waals surface area contributed by atoms with Crippen LogP contribution in [-0.4, -0.2) is 46.6 Å². The minimum absolute atomic E-state index is 0.000707. The first-order valence-corrected chi connectivity index (χ1v) is 13.0. The largest absolute Gasteiger partial charge is 0.464 e. The standard InChI is InChI=1S/C28H33F3N2O5/c1-5-37-26(35)23-20(28(29,30)31)14-18-13-19-22(24(33(18)23)27(36)38-6-2)21(12-16(3)4)32(25(19)34)15-17-10-8-7-9-11-17/h7-11,14,16,19,21-22,24H,5-6,12-13,15H2,1-4H3/t19-,21+,22-,24-/m1/s1. The summed E-state index contributed by atoms with van der Waals surface area (Å²) >= 11 is 0. The smallest absolute Gasteiger partial charge is 0.418 e. The normalized spacial score (nSPS) is 22.8. The number of halogens is 3. The number of ether oxygens (including phenoxy) is 2. The van der Waals surface area contributed by atoms with E-state index in [0.29, 0.717) is 13.0 Å². The van der Waals surface area contributed by atoms with Crippen LogP contribution in [0.4, 0.5) is 13.2 Å². The van der Waals surface area contributed by atoms with Crippen LogP contribution in [0.1, 0.15) is 67.5 Å². The number of fused-ring (bicyclic) bond motifs is 2. The number of likely N-dealkylation sites (tertiary alicyclic amines) is 1. The Bertz CT molecular complexity index is 1190. The first kappa shape index (κ1) is 27.7. The molecular formula is C28H33F3N2O5. The molecule has 2 aliphatic heterocycles. The Kier molecular flexibility index (Phi) is 7.90. The number of esters is 2. The fourth-order valence-corrected chi connectivity index (χ4v) is 5.98. The van der Waals surface area contributed by atoms with Crippen molar-refractivity contribution in [3.05, 3.63) is 58.9 Å². The van der Waals surface area contributed by atoms with Crippen molar-refractivity contribution in [2.75, 3.05) is 13.2 Å². The van der Waals surface area contributed by atoms with Gasteiger partial charge < -0.3 is 18.9 Å². The fraction of sp³-hybridized carbons (Fsp3) is 0.536. The molecule has 0 bridgehead atoms. The molecule has 1 fully saturated rings. The first-order valence-electron chi connectivity index (χ1n) is 13.0. The van der Waals surface area contributed by atoms with Crippen molar-refractivity contribution in [1.82, 2.24) is 9.47 Å². The summed E-state index contributed by atoms with van der Waals surface area (Å²) in [6.45, 7) is 7.27. The van der Waals surface area contributed by atoms with Crippen molar-refractivity contribution in [2.24, 2.45) is 17.8 Å². The summed E-state index contributed by atoms with van der Waals surface area (Å²) in [4.78, 5) is 42.0. The zero-order chi connectivity index (χ0) is 27.8. The van der Waals surface area contributed by atoms with E-state index in [0.717, 1.165) is 16.2 Å². The van der Waals surface area contributed by atoms with Gasteiger partial charge in [0.25, 0.3) is 0 Å². The first-order chi connectivity index (χ1) is 18.0. The molecule has 4 atom stereocenters. The molecule has 0 saturated carbocycles. The third kappa shape index (κ3) is 5.05. The number of carbonyl (C=O) groups is 3. The van der Waals surface area contributed by atoms with Crippen LogP contribution in [0.15, 0.2) is 36.4 Å². The number of carbonyl (C=O) groups excluding carboxylic acids is 3. The molecule has 2 aliphatic rings. The fourth-order valence-electron chi connectivity index (χ4n) is 5.98. The Hall–Kier alpha value is -3.30. The van der Waals surface area contributed by atoms with Gasteiger partial charge in [0, 0.05) is 24.2 Å². The van der Waals surface area contributed by atoms with E-state index in [9.17, 15) is 27.6 Å².